The molecule has 8 heteroatoms. The predicted octanol–water partition coefficient (Wildman–Crippen LogP) is 2.61. The van der Waals surface area contributed by atoms with Gasteiger partial charge in [-0.3, -0.25) is 24.8 Å². The number of aromatic nitrogens is 2. The largest absolute Gasteiger partial charge is 0.289 e. The molecule has 3 aromatic heterocycles. The summed E-state index contributed by atoms with van der Waals surface area (Å²) in [5.41, 5.74) is 6.68. The summed E-state index contributed by atoms with van der Waals surface area (Å²) in [7, 11) is 0. The second-order valence-electron chi connectivity index (χ2n) is 5.13. The standard InChI is InChI=1S/C16H12N4O2S2/c21-13(8-10-4-2-1-3-5-10)18-19-14(22)12-9-11-15(24-12)17-16-20(11)6-7-23-16/h1-7,9H,8H2,(H,18,21)(H,19,22). The Morgan fingerprint density at radius 1 is 1.17 bits per heavy atom. The molecule has 0 fully saturated rings. The average molecular weight is 356 g/mol. The van der Waals surface area contributed by atoms with Crippen LogP contribution < -0.4 is 10.9 Å². The molecule has 2 amide bonds. The highest BCUT2D eigenvalue weighted by molar-refractivity contribution is 7.21. The number of thiazole rings is 1. The van der Waals surface area contributed by atoms with Crippen LogP contribution in [0.25, 0.3) is 15.3 Å². The molecule has 120 valence electrons. The van der Waals surface area contributed by atoms with Crippen LogP contribution in [0.2, 0.25) is 0 Å². The fourth-order valence-corrected chi connectivity index (χ4v) is 4.07. The maximum Gasteiger partial charge on any atom is 0.279 e. The molecular weight excluding hydrogens is 344 g/mol. The lowest BCUT2D eigenvalue weighted by atomic mass is 10.1. The summed E-state index contributed by atoms with van der Waals surface area (Å²) < 4.78 is 1.95. The van der Waals surface area contributed by atoms with E-state index in [0.29, 0.717) is 4.88 Å². The van der Waals surface area contributed by atoms with Crippen molar-refractivity contribution in [3.05, 3.63) is 58.4 Å². The second kappa shape index (κ2) is 6.06. The third-order valence-electron chi connectivity index (χ3n) is 3.49. The minimum atomic E-state index is -0.344. The second-order valence-corrected chi connectivity index (χ2v) is 7.04. The Hall–Kier alpha value is -2.71. The molecule has 2 N–H and O–H groups in total. The molecule has 24 heavy (non-hydrogen) atoms. The van der Waals surface area contributed by atoms with Crippen molar-refractivity contribution in [3.8, 4) is 0 Å². The average Bonchev–Trinajstić information content (AvgIpc) is 3.25. The van der Waals surface area contributed by atoms with Gasteiger partial charge >= 0.3 is 0 Å². The molecule has 1 aromatic carbocycles. The van der Waals surface area contributed by atoms with E-state index < -0.39 is 0 Å². The number of carbonyl (C=O) groups excluding carboxylic acids is 2. The Balaban J connectivity index is 1.42. The first kappa shape index (κ1) is 14.9. The van der Waals surface area contributed by atoms with Crippen LogP contribution in [0.1, 0.15) is 15.2 Å². The van der Waals surface area contributed by atoms with E-state index >= 15 is 0 Å². The first-order valence-electron chi connectivity index (χ1n) is 7.19. The fraction of sp³-hybridized carbons (Fsp3) is 0.0625. The maximum atomic E-state index is 12.2. The van der Waals surface area contributed by atoms with Gasteiger partial charge in [-0.15, -0.1) is 22.7 Å². The van der Waals surface area contributed by atoms with Gasteiger partial charge in [0.15, 0.2) is 4.96 Å². The van der Waals surface area contributed by atoms with Gasteiger partial charge in [-0.05, 0) is 11.6 Å². The monoisotopic (exact) mass is 356 g/mol. The van der Waals surface area contributed by atoms with Gasteiger partial charge in [0.1, 0.15) is 4.83 Å². The van der Waals surface area contributed by atoms with Crippen LogP contribution in [-0.2, 0) is 11.2 Å². The lowest BCUT2D eigenvalue weighted by Crippen LogP contribution is -2.42. The van der Waals surface area contributed by atoms with E-state index in [4.69, 9.17) is 0 Å². The number of hydrogen-bond acceptors (Lipinski definition) is 5. The number of benzene rings is 1. The zero-order valence-electron chi connectivity index (χ0n) is 12.4. The lowest BCUT2D eigenvalue weighted by Gasteiger charge is -2.06. The fourth-order valence-electron chi connectivity index (χ4n) is 2.37. The molecule has 0 aliphatic heterocycles. The summed E-state index contributed by atoms with van der Waals surface area (Å²) in [6, 6.07) is 11.1. The van der Waals surface area contributed by atoms with E-state index in [1.165, 1.54) is 11.3 Å². The van der Waals surface area contributed by atoms with Gasteiger partial charge in [0.2, 0.25) is 5.91 Å². The maximum absolute atomic E-state index is 12.2. The van der Waals surface area contributed by atoms with Gasteiger partial charge < -0.3 is 0 Å². The normalized spacial score (nSPS) is 11.0. The number of rotatable bonds is 3. The van der Waals surface area contributed by atoms with E-state index in [1.807, 2.05) is 46.3 Å². The van der Waals surface area contributed by atoms with Crippen molar-refractivity contribution >= 4 is 49.8 Å². The van der Waals surface area contributed by atoms with Gasteiger partial charge in [0.05, 0.1) is 16.8 Å². The smallest absolute Gasteiger partial charge is 0.279 e. The van der Waals surface area contributed by atoms with Crippen LogP contribution in [0.5, 0.6) is 0 Å². The summed E-state index contributed by atoms with van der Waals surface area (Å²) in [6.07, 6.45) is 2.14. The number of nitrogens with one attached hydrogen (secondary N) is 2. The summed E-state index contributed by atoms with van der Waals surface area (Å²) >= 11 is 2.85. The number of imidazole rings is 1. The molecular formula is C16H12N4O2S2. The number of thiophene rings is 1. The van der Waals surface area contributed by atoms with Crippen molar-refractivity contribution < 1.29 is 9.59 Å². The molecule has 6 nitrogen and oxygen atoms in total. The van der Waals surface area contributed by atoms with Crippen LogP contribution >= 0.6 is 22.7 Å². The number of amides is 2. The Bertz CT molecular complexity index is 1030. The van der Waals surface area contributed by atoms with Crippen molar-refractivity contribution in [2.75, 3.05) is 0 Å². The minimum Gasteiger partial charge on any atom is -0.289 e. The minimum absolute atomic E-state index is 0.214. The molecule has 0 atom stereocenters. The van der Waals surface area contributed by atoms with Gasteiger partial charge in [-0.25, -0.2) is 4.98 Å². The van der Waals surface area contributed by atoms with Crippen molar-refractivity contribution in [2.24, 2.45) is 0 Å². The zero-order chi connectivity index (χ0) is 16.5. The van der Waals surface area contributed by atoms with Gasteiger partial charge in [-0.2, -0.15) is 0 Å². The SMILES string of the molecule is O=C(Cc1ccccc1)NNC(=O)c1cc2c(nc3sccn32)s1. The van der Waals surface area contributed by atoms with E-state index in [0.717, 1.165) is 20.9 Å². The van der Waals surface area contributed by atoms with E-state index in [-0.39, 0.29) is 18.2 Å². The topological polar surface area (TPSA) is 75.5 Å². The number of nitrogens with zero attached hydrogens (tertiary/aromatic N) is 2. The van der Waals surface area contributed by atoms with Crippen LogP contribution in [-0.4, -0.2) is 21.2 Å². The summed E-state index contributed by atoms with van der Waals surface area (Å²) in [5.74, 6) is -0.610. The Morgan fingerprint density at radius 3 is 2.83 bits per heavy atom. The van der Waals surface area contributed by atoms with E-state index in [2.05, 4.69) is 15.8 Å². The summed E-state index contributed by atoms with van der Waals surface area (Å²) in [5, 5.41) is 1.95. The van der Waals surface area contributed by atoms with Crippen LogP contribution in [0.4, 0.5) is 0 Å². The quantitative estimate of drug-likeness (QED) is 0.554. The van der Waals surface area contributed by atoms with Crippen LogP contribution in [0.15, 0.2) is 48.0 Å². The molecule has 3 heterocycles. The molecule has 0 aliphatic carbocycles. The van der Waals surface area contributed by atoms with E-state index in [9.17, 15) is 9.59 Å². The molecule has 0 unspecified atom stereocenters. The van der Waals surface area contributed by atoms with Crippen molar-refractivity contribution in [1.82, 2.24) is 20.2 Å². The van der Waals surface area contributed by atoms with Gasteiger partial charge in [0.25, 0.3) is 5.91 Å². The Kier molecular flexibility index (Phi) is 3.75. The third-order valence-corrected chi connectivity index (χ3v) is 5.26. The number of carbonyl (C=O) groups is 2. The van der Waals surface area contributed by atoms with Crippen LogP contribution in [0, 0.1) is 0 Å². The number of hydrazine groups is 1. The first-order chi connectivity index (χ1) is 11.7. The molecule has 0 saturated carbocycles. The zero-order valence-corrected chi connectivity index (χ0v) is 14.0. The Morgan fingerprint density at radius 2 is 2.00 bits per heavy atom. The summed E-state index contributed by atoms with van der Waals surface area (Å²) in [4.78, 5) is 30.7. The van der Waals surface area contributed by atoms with Crippen molar-refractivity contribution in [3.63, 3.8) is 0 Å². The first-order valence-corrected chi connectivity index (χ1v) is 8.88. The molecule has 0 aliphatic rings. The lowest BCUT2D eigenvalue weighted by molar-refractivity contribution is -0.121. The Labute approximate surface area is 144 Å². The highest BCUT2D eigenvalue weighted by Crippen LogP contribution is 2.27. The highest BCUT2D eigenvalue weighted by Gasteiger charge is 2.15. The number of hydrogen-bond donors (Lipinski definition) is 2. The third kappa shape index (κ3) is 2.77. The van der Waals surface area contributed by atoms with Crippen LogP contribution in [0.3, 0.4) is 0 Å². The van der Waals surface area contributed by atoms with Gasteiger partial charge in [-0.1, -0.05) is 30.3 Å². The summed E-state index contributed by atoms with van der Waals surface area (Å²) in [6.45, 7) is 0. The molecule has 0 bridgehead atoms. The molecule has 4 rings (SSSR count). The van der Waals surface area contributed by atoms with Gasteiger partial charge in [0, 0.05) is 11.6 Å². The number of fused-ring (bicyclic) bond motifs is 3. The predicted molar refractivity (Wildman–Crippen MR) is 94.2 cm³/mol. The van der Waals surface area contributed by atoms with E-state index in [1.54, 1.807) is 17.4 Å². The molecule has 0 spiro atoms. The highest BCUT2D eigenvalue weighted by atomic mass is 32.1. The molecule has 0 radical (unpaired) electrons. The molecule has 0 saturated heterocycles. The van der Waals surface area contributed by atoms with Crippen molar-refractivity contribution in [2.45, 2.75) is 6.42 Å². The molecule has 4 aromatic rings. The van der Waals surface area contributed by atoms with Crippen molar-refractivity contribution in [1.29, 1.82) is 0 Å².